The minimum Gasteiger partial charge on any atom is -0.460 e. The van der Waals surface area contributed by atoms with Crippen LogP contribution in [0.3, 0.4) is 0 Å². The summed E-state index contributed by atoms with van der Waals surface area (Å²) in [5, 5.41) is 9.59. The molecule has 1 N–H and O–H groups in total. The van der Waals surface area contributed by atoms with Crippen LogP contribution in [0.4, 0.5) is 0 Å². The number of aliphatic hydroxyl groups is 1. The van der Waals surface area contributed by atoms with Gasteiger partial charge in [-0.2, -0.15) is 0 Å². The molecule has 0 saturated heterocycles. The third-order valence-electron chi connectivity index (χ3n) is 10.4. The van der Waals surface area contributed by atoms with Crippen molar-refractivity contribution < 1.29 is 28.7 Å². The maximum Gasteiger partial charge on any atom is 0.305 e. The van der Waals surface area contributed by atoms with Gasteiger partial charge in [0, 0.05) is 12.8 Å². The Kier molecular flexibility index (Phi) is 37.2. The van der Waals surface area contributed by atoms with Crippen LogP contribution in [-0.2, 0) is 19.1 Å². The van der Waals surface area contributed by atoms with Crippen molar-refractivity contribution in [3.05, 3.63) is 0 Å². The van der Waals surface area contributed by atoms with E-state index in [1.54, 1.807) is 0 Å². The Morgan fingerprint density at radius 2 is 0.653 bits per heavy atom. The van der Waals surface area contributed by atoms with Gasteiger partial charge in [-0.25, -0.2) is 0 Å². The van der Waals surface area contributed by atoms with E-state index >= 15 is 0 Å². The zero-order valence-electron chi connectivity index (χ0n) is 33.4. The number of carbonyl (C=O) groups is 2. The average molecular weight is 697 g/mol. The smallest absolute Gasteiger partial charge is 0.305 e. The van der Waals surface area contributed by atoms with Gasteiger partial charge in [0.1, 0.15) is 32.8 Å². The van der Waals surface area contributed by atoms with Crippen molar-refractivity contribution in [3.63, 3.8) is 0 Å². The van der Waals surface area contributed by atoms with Gasteiger partial charge in [0.05, 0.1) is 13.7 Å². The Morgan fingerprint density at radius 1 is 0.408 bits per heavy atom. The van der Waals surface area contributed by atoms with Crippen molar-refractivity contribution in [1.29, 1.82) is 0 Å². The maximum atomic E-state index is 12.3. The topological polar surface area (TPSA) is 72.8 Å². The molecule has 0 saturated carbocycles. The lowest BCUT2D eigenvalue weighted by molar-refractivity contribution is -0.910. The molecule has 0 aliphatic carbocycles. The highest BCUT2D eigenvalue weighted by atomic mass is 16.5. The number of hydrogen-bond acceptors (Lipinski definition) is 5. The molecule has 0 unspecified atom stereocenters. The summed E-state index contributed by atoms with van der Waals surface area (Å²) in [6.07, 6.45) is 40.3. The van der Waals surface area contributed by atoms with Gasteiger partial charge in [0.15, 0.2) is 0 Å². The number of rotatable bonds is 40. The molecule has 49 heavy (non-hydrogen) atoms. The largest absolute Gasteiger partial charge is 0.460 e. The first kappa shape index (κ1) is 47.9. The summed E-state index contributed by atoms with van der Waals surface area (Å²) < 4.78 is 11.6. The van der Waals surface area contributed by atoms with Crippen molar-refractivity contribution >= 4 is 11.9 Å². The molecule has 0 aliphatic heterocycles. The number of nitrogens with zero attached hydrogens (tertiary/aromatic N) is 1. The fraction of sp³-hybridized carbons (Fsp3) is 0.953. The van der Waals surface area contributed by atoms with E-state index in [9.17, 15) is 14.7 Å². The quantitative estimate of drug-likeness (QED) is 0.0392. The molecule has 0 amide bonds. The van der Waals surface area contributed by atoms with Crippen LogP contribution >= 0.6 is 0 Å². The summed E-state index contributed by atoms with van der Waals surface area (Å²) in [6, 6.07) is 0. The fourth-order valence-corrected chi connectivity index (χ4v) is 6.76. The summed E-state index contributed by atoms with van der Waals surface area (Å²) in [7, 11) is 2.03. The second-order valence-electron chi connectivity index (χ2n) is 15.4. The predicted molar refractivity (Wildman–Crippen MR) is 209 cm³/mol. The van der Waals surface area contributed by atoms with Crippen LogP contribution in [0, 0.1) is 0 Å². The Labute approximate surface area is 305 Å². The van der Waals surface area contributed by atoms with Crippen LogP contribution in [0.1, 0.15) is 219 Å². The molecular formula is C43H86NO5+. The summed E-state index contributed by atoms with van der Waals surface area (Å²) in [5.41, 5.74) is 0. The molecule has 0 heterocycles. The normalized spacial score (nSPS) is 11.7. The van der Waals surface area contributed by atoms with Crippen molar-refractivity contribution in [1.82, 2.24) is 0 Å². The third kappa shape index (κ3) is 36.5. The Hall–Kier alpha value is -1.14. The first-order valence-electron chi connectivity index (χ1n) is 21.7. The van der Waals surface area contributed by atoms with Gasteiger partial charge in [-0.1, -0.05) is 194 Å². The van der Waals surface area contributed by atoms with Crippen LogP contribution in [0.2, 0.25) is 0 Å². The fourth-order valence-electron chi connectivity index (χ4n) is 6.76. The molecule has 0 fully saturated rings. The van der Waals surface area contributed by atoms with Gasteiger partial charge >= 0.3 is 11.9 Å². The minimum absolute atomic E-state index is 0.0522. The molecule has 6 heteroatoms. The van der Waals surface area contributed by atoms with Crippen molar-refractivity contribution in [3.8, 4) is 0 Å². The van der Waals surface area contributed by atoms with E-state index < -0.39 is 0 Å². The van der Waals surface area contributed by atoms with E-state index in [1.165, 1.54) is 167 Å². The van der Waals surface area contributed by atoms with Crippen molar-refractivity contribution in [2.75, 3.05) is 46.5 Å². The second-order valence-corrected chi connectivity index (χ2v) is 15.4. The molecule has 0 spiro atoms. The lowest BCUT2D eigenvalue weighted by Crippen LogP contribution is -2.50. The first-order chi connectivity index (χ1) is 24.0. The number of unbranched alkanes of at least 4 members (excludes halogenated alkanes) is 28. The van der Waals surface area contributed by atoms with E-state index in [0.717, 1.165) is 25.7 Å². The minimum atomic E-state index is -0.125. The number of esters is 2. The summed E-state index contributed by atoms with van der Waals surface area (Å²) in [5.74, 6) is -0.250. The van der Waals surface area contributed by atoms with E-state index in [0.29, 0.717) is 50.2 Å². The van der Waals surface area contributed by atoms with Gasteiger partial charge < -0.3 is 19.1 Å². The molecular weight excluding hydrogens is 610 g/mol. The van der Waals surface area contributed by atoms with Crippen LogP contribution in [0.15, 0.2) is 0 Å². The van der Waals surface area contributed by atoms with Gasteiger partial charge in [-0.3, -0.25) is 9.59 Å². The SMILES string of the molecule is CCCCCCCCCCCCCCCCCC(=O)OCC[N+](C)(CCO)CCOC(=O)CCCCCCCCCCCCCCCCC. The van der Waals surface area contributed by atoms with Gasteiger partial charge in [0.25, 0.3) is 0 Å². The van der Waals surface area contributed by atoms with Crippen LogP contribution < -0.4 is 0 Å². The number of ether oxygens (including phenoxy) is 2. The van der Waals surface area contributed by atoms with E-state index in [-0.39, 0.29) is 18.5 Å². The Balaban J connectivity index is 3.68. The summed E-state index contributed by atoms with van der Waals surface area (Å²) in [4.78, 5) is 24.5. The number of hydrogen-bond donors (Lipinski definition) is 1. The summed E-state index contributed by atoms with van der Waals surface area (Å²) >= 11 is 0. The van der Waals surface area contributed by atoms with E-state index in [1.807, 2.05) is 7.05 Å². The first-order valence-corrected chi connectivity index (χ1v) is 21.7. The lowest BCUT2D eigenvalue weighted by atomic mass is 10.0. The zero-order valence-corrected chi connectivity index (χ0v) is 33.4. The molecule has 0 bridgehead atoms. The monoisotopic (exact) mass is 697 g/mol. The molecule has 0 rings (SSSR count). The zero-order chi connectivity index (χ0) is 35.9. The Morgan fingerprint density at radius 3 is 0.898 bits per heavy atom. The van der Waals surface area contributed by atoms with Crippen LogP contribution in [0.5, 0.6) is 0 Å². The van der Waals surface area contributed by atoms with Gasteiger partial charge in [-0.15, -0.1) is 0 Å². The standard InChI is InChI=1S/C43H86NO5/c1-4-6-8-10-12-14-16-18-20-22-24-26-28-30-32-34-42(46)48-40-37-44(3,36-39-45)38-41-49-43(47)35-33-31-29-27-25-23-21-19-17-15-13-11-9-7-5-2/h45H,4-41H2,1-3H3/q+1. The Bertz CT molecular complexity index is 648. The van der Waals surface area contributed by atoms with E-state index in [2.05, 4.69) is 13.8 Å². The number of quaternary nitrogens is 1. The highest BCUT2D eigenvalue weighted by Gasteiger charge is 2.22. The highest BCUT2D eigenvalue weighted by Crippen LogP contribution is 2.15. The molecule has 0 aliphatic rings. The molecule has 0 aromatic rings. The van der Waals surface area contributed by atoms with Crippen LogP contribution in [-0.4, -0.2) is 68.0 Å². The molecule has 0 atom stereocenters. The molecule has 0 radical (unpaired) electrons. The average Bonchev–Trinajstić information content (AvgIpc) is 3.08. The lowest BCUT2D eigenvalue weighted by Gasteiger charge is -2.33. The van der Waals surface area contributed by atoms with Crippen molar-refractivity contribution in [2.45, 2.75) is 219 Å². The maximum absolute atomic E-state index is 12.3. The van der Waals surface area contributed by atoms with Gasteiger partial charge in [0.2, 0.25) is 0 Å². The van der Waals surface area contributed by atoms with Crippen molar-refractivity contribution in [2.24, 2.45) is 0 Å². The van der Waals surface area contributed by atoms with Gasteiger partial charge in [-0.05, 0) is 12.8 Å². The summed E-state index contributed by atoms with van der Waals surface area (Å²) in [6.45, 7) is 7.05. The number of carbonyl (C=O) groups excluding carboxylic acids is 2. The molecule has 6 nitrogen and oxygen atoms in total. The van der Waals surface area contributed by atoms with E-state index in [4.69, 9.17) is 9.47 Å². The molecule has 0 aromatic heterocycles. The number of aliphatic hydroxyl groups excluding tert-OH is 1. The predicted octanol–water partition coefficient (Wildman–Crippen LogP) is 12.0. The number of likely N-dealkylation sites (N-methyl/N-ethyl adjacent to an activating group) is 1. The molecule has 292 valence electrons. The highest BCUT2D eigenvalue weighted by molar-refractivity contribution is 5.69. The van der Waals surface area contributed by atoms with Crippen LogP contribution in [0.25, 0.3) is 0 Å². The molecule has 0 aromatic carbocycles. The second kappa shape index (κ2) is 38.1. The third-order valence-corrected chi connectivity index (χ3v) is 10.4.